The maximum Gasteiger partial charge on any atom is -0.0316 e. The molecule has 0 aliphatic carbocycles. The Labute approximate surface area is 123 Å². The zero-order valence-corrected chi connectivity index (χ0v) is 13.2. The summed E-state index contributed by atoms with van der Waals surface area (Å²) in [5.74, 6) is 0. The molecule has 0 atom stereocenters. The third kappa shape index (κ3) is 17.7. The van der Waals surface area contributed by atoms with Crippen LogP contribution in [0.1, 0.15) is 96.3 Å². The van der Waals surface area contributed by atoms with Crippen LogP contribution in [0.4, 0.5) is 0 Å². The molecule has 0 aliphatic heterocycles. The monoisotopic (exact) mass is 264 g/mol. The summed E-state index contributed by atoms with van der Waals surface area (Å²) in [5.41, 5.74) is 0. The van der Waals surface area contributed by atoms with Crippen LogP contribution in [-0.4, -0.2) is 0 Å². The van der Waals surface area contributed by atoms with E-state index < -0.39 is 0 Å². The van der Waals surface area contributed by atoms with Gasteiger partial charge >= 0.3 is 0 Å². The molecule has 0 aromatic heterocycles. The third-order valence-electron chi connectivity index (χ3n) is 3.79. The summed E-state index contributed by atoms with van der Waals surface area (Å²) in [6, 6.07) is 0. The summed E-state index contributed by atoms with van der Waals surface area (Å²) < 4.78 is 0. The smallest absolute Gasteiger partial charge is 0.0316 e. The Morgan fingerprint density at radius 2 is 0.895 bits per heavy atom. The number of unbranched alkanes of at least 4 members (excludes halogenated alkanes) is 14. The summed E-state index contributed by atoms with van der Waals surface area (Å²) in [7, 11) is 0. The average Bonchev–Trinajstić information content (AvgIpc) is 2.43. The molecule has 0 N–H and O–H groups in total. The Morgan fingerprint density at radius 3 is 1.26 bits per heavy atom. The van der Waals surface area contributed by atoms with Crippen LogP contribution in [0.3, 0.4) is 0 Å². The first-order valence-corrected chi connectivity index (χ1v) is 8.65. The molecule has 0 aliphatic rings. The summed E-state index contributed by atoms with van der Waals surface area (Å²) >= 11 is 0. The number of allylic oxidation sites excluding steroid dienone is 2. The van der Waals surface area contributed by atoms with Crippen LogP contribution in [0.25, 0.3) is 0 Å². The lowest BCUT2D eigenvalue weighted by atomic mass is 10.0. The molecule has 0 spiro atoms. The molecule has 0 nitrogen and oxygen atoms in total. The zero-order chi connectivity index (χ0) is 14.0. The normalized spacial score (nSPS) is 11.5. The molecule has 0 aromatic rings. The SMILES string of the molecule is [CH2]/C=C/CCCCCCCCCCCCCCC[CH2]. The van der Waals surface area contributed by atoms with Crippen molar-refractivity contribution in [1.29, 1.82) is 0 Å². The average molecular weight is 264 g/mol. The Balaban J connectivity index is 2.91. The van der Waals surface area contributed by atoms with Crippen LogP contribution >= 0.6 is 0 Å². The highest BCUT2D eigenvalue weighted by Gasteiger charge is 1.93. The molecule has 0 bridgehead atoms. The molecule has 0 amide bonds. The van der Waals surface area contributed by atoms with E-state index in [2.05, 4.69) is 19.9 Å². The molecule has 112 valence electrons. The predicted octanol–water partition coefficient (Wildman–Crippen LogP) is 7.06. The van der Waals surface area contributed by atoms with E-state index in [1.54, 1.807) is 0 Å². The molecule has 19 heavy (non-hydrogen) atoms. The summed E-state index contributed by atoms with van der Waals surface area (Å²) in [4.78, 5) is 0. The molecular weight excluding hydrogens is 228 g/mol. The highest BCUT2D eigenvalue weighted by Crippen LogP contribution is 2.13. The standard InChI is InChI=1S/C19H36/c1-3-5-7-9-11-13-15-17-19-18-16-14-12-10-8-6-4-2/h3,5H,1-2,4,6-19H2/b5-3+. The largest absolute Gasteiger partial charge is 0.0885 e. The van der Waals surface area contributed by atoms with Gasteiger partial charge in [-0.25, -0.2) is 0 Å². The van der Waals surface area contributed by atoms with Gasteiger partial charge in [0.25, 0.3) is 0 Å². The van der Waals surface area contributed by atoms with E-state index in [4.69, 9.17) is 0 Å². The van der Waals surface area contributed by atoms with Crippen LogP contribution in [0.5, 0.6) is 0 Å². The summed E-state index contributed by atoms with van der Waals surface area (Å²) in [5, 5.41) is 0. The van der Waals surface area contributed by atoms with Crippen molar-refractivity contribution in [2.45, 2.75) is 96.3 Å². The van der Waals surface area contributed by atoms with E-state index in [-0.39, 0.29) is 0 Å². The minimum absolute atomic E-state index is 1.12. The molecule has 0 heterocycles. The first-order chi connectivity index (χ1) is 9.41. The van der Waals surface area contributed by atoms with E-state index in [1.165, 1.54) is 89.9 Å². The van der Waals surface area contributed by atoms with Gasteiger partial charge in [0.2, 0.25) is 0 Å². The first kappa shape index (κ1) is 18.7. The maximum absolute atomic E-state index is 3.88. The van der Waals surface area contributed by atoms with Crippen molar-refractivity contribution < 1.29 is 0 Å². The summed E-state index contributed by atoms with van der Waals surface area (Å²) in [6.45, 7) is 7.59. The van der Waals surface area contributed by atoms with Crippen LogP contribution in [0.15, 0.2) is 12.2 Å². The number of rotatable bonds is 15. The lowest BCUT2D eigenvalue weighted by molar-refractivity contribution is 0.538. The van der Waals surface area contributed by atoms with Crippen molar-refractivity contribution in [2.24, 2.45) is 0 Å². The van der Waals surface area contributed by atoms with Crippen LogP contribution in [-0.2, 0) is 0 Å². The predicted molar refractivity (Wildman–Crippen MR) is 89.1 cm³/mol. The van der Waals surface area contributed by atoms with Gasteiger partial charge in [-0.05, 0) is 19.8 Å². The second-order valence-corrected chi connectivity index (χ2v) is 5.71. The van der Waals surface area contributed by atoms with Gasteiger partial charge in [0, 0.05) is 0 Å². The topological polar surface area (TPSA) is 0 Å². The molecule has 0 saturated heterocycles. The van der Waals surface area contributed by atoms with E-state index in [1.807, 2.05) is 6.08 Å². The minimum atomic E-state index is 1.12. The Hall–Kier alpha value is -0.260. The van der Waals surface area contributed by atoms with E-state index in [9.17, 15) is 0 Å². The van der Waals surface area contributed by atoms with Crippen LogP contribution < -0.4 is 0 Å². The quantitative estimate of drug-likeness (QED) is 0.278. The van der Waals surface area contributed by atoms with Crippen LogP contribution in [0.2, 0.25) is 0 Å². The van der Waals surface area contributed by atoms with Gasteiger partial charge in [0.1, 0.15) is 0 Å². The molecule has 0 rings (SSSR count). The molecule has 0 fully saturated rings. The highest BCUT2D eigenvalue weighted by atomic mass is 14.0. The van der Waals surface area contributed by atoms with Gasteiger partial charge in [-0.2, -0.15) is 0 Å². The van der Waals surface area contributed by atoms with E-state index >= 15 is 0 Å². The second kappa shape index (κ2) is 17.7. The van der Waals surface area contributed by atoms with Gasteiger partial charge in [-0.1, -0.05) is 103 Å². The highest BCUT2D eigenvalue weighted by molar-refractivity contribution is 4.83. The fourth-order valence-corrected chi connectivity index (χ4v) is 2.50. The van der Waals surface area contributed by atoms with Crippen molar-refractivity contribution in [3.63, 3.8) is 0 Å². The van der Waals surface area contributed by atoms with Gasteiger partial charge in [0.05, 0.1) is 0 Å². The van der Waals surface area contributed by atoms with Crippen molar-refractivity contribution in [1.82, 2.24) is 0 Å². The van der Waals surface area contributed by atoms with Crippen molar-refractivity contribution in [2.75, 3.05) is 0 Å². The van der Waals surface area contributed by atoms with E-state index in [0.29, 0.717) is 0 Å². The molecule has 0 saturated carbocycles. The minimum Gasteiger partial charge on any atom is -0.0885 e. The van der Waals surface area contributed by atoms with Crippen molar-refractivity contribution in [3.05, 3.63) is 26.0 Å². The van der Waals surface area contributed by atoms with Crippen molar-refractivity contribution in [3.8, 4) is 0 Å². The van der Waals surface area contributed by atoms with Gasteiger partial charge < -0.3 is 0 Å². The Morgan fingerprint density at radius 1 is 0.526 bits per heavy atom. The second-order valence-electron chi connectivity index (χ2n) is 5.71. The molecular formula is C19H36. The van der Waals surface area contributed by atoms with E-state index in [0.717, 1.165) is 6.42 Å². The lowest BCUT2D eigenvalue weighted by Crippen LogP contribution is -1.83. The molecule has 0 heteroatoms. The zero-order valence-electron chi connectivity index (χ0n) is 13.2. The van der Waals surface area contributed by atoms with Gasteiger partial charge in [-0.3, -0.25) is 0 Å². The molecule has 2 radical (unpaired) electrons. The molecule has 0 unspecified atom stereocenters. The number of hydrogen-bond acceptors (Lipinski definition) is 0. The third-order valence-corrected chi connectivity index (χ3v) is 3.79. The van der Waals surface area contributed by atoms with Gasteiger partial charge in [-0.15, -0.1) is 0 Å². The van der Waals surface area contributed by atoms with Crippen molar-refractivity contribution >= 4 is 0 Å². The Bertz CT molecular complexity index is 169. The first-order valence-electron chi connectivity index (χ1n) is 8.65. The fraction of sp³-hybridized carbons (Fsp3) is 0.789. The maximum atomic E-state index is 3.88. The number of hydrogen-bond donors (Lipinski definition) is 0. The Kier molecular flexibility index (Phi) is 17.5. The fourth-order valence-electron chi connectivity index (χ4n) is 2.50. The summed E-state index contributed by atoms with van der Waals surface area (Å²) in [6.07, 6.45) is 24.9. The van der Waals surface area contributed by atoms with Gasteiger partial charge in [0.15, 0.2) is 0 Å². The van der Waals surface area contributed by atoms with Crippen LogP contribution in [0, 0.1) is 13.8 Å². The lowest BCUT2D eigenvalue weighted by Gasteiger charge is -2.02. The molecule has 0 aromatic carbocycles.